The van der Waals surface area contributed by atoms with Crippen LogP contribution in [0.3, 0.4) is 0 Å². The summed E-state index contributed by atoms with van der Waals surface area (Å²) in [6.07, 6.45) is 0.598. The number of carbonyl (C=O) groups is 2. The van der Waals surface area contributed by atoms with Crippen LogP contribution in [-0.4, -0.2) is 41.0 Å². The minimum absolute atomic E-state index is 0.0962. The highest BCUT2D eigenvalue weighted by atomic mass is 16.2. The molecule has 1 fully saturated rings. The van der Waals surface area contributed by atoms with Crippen molar-refractivity contribution >= 4 is 17.8 Å². The number of aryl methyl sites for hydroxylation is 1. The van der Waals surface area contributed by atoms with E-state index in [4.69, 9.17) is 0 Å². The van der Waals surface area contributed by atoms with Gasteiger partial charge in [-0.1, -0.05) is 13.0 Å². The average Bonchev–Trinajstić information content (AvgIpc) is 2.38. The highest BCUT2D eigenvalue weighted by Gasteiger charge is 2.31. The third-order valence-electron chi connectivity index (χ3n) is 3.10. The lowest BCUT2D eigenvalue weighted by atomic mass is 10.1. The van der Waals surface area contributed by atoms with Crippen molar-refractivity contribution in [2.75, 3.05) is 18.4 Å². The van der Waals surface area contributed by atoms with E-state index in [1.54, 1.807) is 11.0 Å². The number of nitrogens with zero attached hydrogens (tertiary/aromatic N) is 2. The molecule has 6 nitrogen and oxygen atoms in total. The molecule has 102 valence electrons. The van der Waals surface area contributed by atoms with Crippen molar-refractivity contribution in [3.63, 3.8) is 0 Å². The van der Waals surface area contributed by atoms with E-state index < -0.39 is 6.04 Å². The number of pyridine rings is 1. The van der Waals surface area contributed by atoms with Crippen molar-refractivity contribution in [1.82, 2.24) is 15.2 Å². The van der Waals surface area contributed by atoms with Crippen LogP contribution in [0.4, 0.5) is 10.6 Å². The van der Waals surface area contributed by atoms with Crippen LogP contribution < -0.4 is 10.6 Å². The Balaban J connectivity index is 2.08. The number of hydrogen-bond acceptors (Lipinski definition) is 3. The summed E-state index contributed by atoms with van der Waals surface area (Å²) in [5.74, 6) is 0.409. The predicted molar refractivity (Wildman–Crippen MR) is 71.8 cm³/mol. The Hall–Kier alpha value is -2.11. The van der Waals surface area contributed by atoms with Gasteiger partial charge in [0.2, 0.25) is 5.91 Å². The first-order valence-electron chi connectivity index (χ1n) is 6.41. The fourth-order valence-corrected chi connectivity index (χ4v) is 2.16. The van der Waals surface area contributed by atoms with E-state index in [0.717, 1.165) is 5.69 Å². The molecule has 0 unspecified atom stereocenters. The minimum Gasteiger partial charge on any atom is -0.353 e. The Morgan fingerprint density at radius 2 is 2.37 bits per heavy atom. The lowest BCUT2D eigenvalue weighted by Gasteiger charge is -2.34. The van der Waals surface area contributed by atoms with Crippen LogP contribution in [0.1, 0.15) is 19.0 Å². The van der Waals surface area contributed by atoms with Crippen LogP contribution in [-0.2, 0) is 4.79 Å². The van der Waals surface area contributed by atoms with Crippen molar-refractivity contribution in [1.29, 1.82) is 0 Å². The van der Waals surface area contributed by atoms with E-state index in [1.807, 2.05) is 26.0 Å². The maximum Gasteiger partial charge on any atom is 0.323 e. The van der Waals surface area contributed by atoms with E-state index in [0.29, 0.717) is 25.3 Å². The number of hydrogen-bond donors (Lipinski definition) is 2. The van der Waals surface area contributed by atoms with Crippen LogP contribution in [0.2, 0.25) is 0 Å². The molecule has 1 aliphatic heterocycles. The third kappa shape index (κ3) is 3.01. The number of nitrogens with one attached hydrogen (secondary N) is 2. The SMILES string of the molecule is CC[C@@H]1C(=O)NCCN1C(=O)Nc1cccc(C)n1. The van der Waals surface area contributed by atoms with Gasteiger partial charge in [-0.25, -0.2) is 9.78 Å². The molecule has 1 aromatic rings. The summed E-state index contributed by atoms with van der Waals surface area (Å²) in [5, 5.41) is 5.50. The number of anilines is 1. The molecule has 3 amide bonds. The normalized spacial score (nSPS) is 18.9. The summed E-state index contributed by atoms with van der Waals surface area (Å²) in [6, 6.07) is 4.74. The van der Waals surface area contributed by atoms with Gasteiger partial charge < -0.3 is 10.2 Å². The van der Waals surface area contributed by atoms with Crippen LogP contribution in [0.25, 0.3) is 0 Å². The van der Waals surface area contributed by atoms with E-state index in [-0.39, 0.29) is 11.9 Å². The van der Waals surface area contributed by atoms with Gasteiger partial charge in [-0.2, -0.15) is 0 Å². The molecule has 0 aliphatic carbocycles. The van der Waals surface area contributed by atoms with Crippen LogP contribution >= 0.6 is 0 Å². The van der Waals surface area contributed by atoms with E-state index >= 15 is 0 Å². The fraction of sp³-hybridized carbons (Fsp3) is 0.462. The van der Waals surface area contributed by atoms with E-state index in [9.17, 15) is 9.59 Å². The molecule has 6 heteroatoms. The zero-order chi connectivity index (χ0) is 13.8. The van der Waals surface area contributed by atoms with Crippen LogP contribution in [0.5, 0.6) is 0 Å². The summed E-state index contributed by atoms with van der Waals surface area (Å²) in [6.45, 7) is 4.76. The second-order valence-electron chi connectivity index (χ2n) is 4.50. The van der Waals surface area contributed by atoms with Gasteiger partial charge in [-0.05, 0) is 25.5 Å². The average molecular weight is 262 g/mol. The summed E-state index contributed by atoms with van der Waals surface area (Å²) in [5.41, 5.74) is 0.834. The number of amides is 3. The summed E-state index contributed by atoms with van der Waals surface area (Å²) >= 11 is 0. The Morgan fingerprint density at radius 1 is 1.58 bits per heavy atom. The Kier molecular flexibility index (Phi) is 3.99. The topological polar surface area (TPSA) is 74.3 Å². The predicted octanol–water partition coefficient (Wildman–Crippen LogP) is 1.13. The minimum atomic E-state index is -0.404. The maximum absolute atomic E-state index is 12.2. The van der Waals surface area contributed by atoms with Gasteiger partial charge in [0.15, 0.2) is 0 Å². The molecule has 19 heavy (non-hydrogen) atoms. The lowest BCUT2D eigenvalue weighted by Crippen LogP contribution is -2.57. The van der Waals surface area contributed by atoms with Gasteiger partial charge in [-0.3, -0.25) is 10.1 Å². The van der Waals surface area contributed by atoms with Gasteiger partial charge in [0.1, 0.15) is 11.9 Å². The van der Waals surface area contributed by atoms with Crippen molar-refractivity contribution in [3.8, 4) is 0 Å². The van der Waals surface area contributed by atoms with E-state index in [2.05, 4.69) is 15.6 Å². The van der Waals surface area contributed by atoms with Gasteiger partial charge >= 0.3 is 6.03 Å². The highest BCUT2D eigenvalue weighted by Crippen LogP contribution is 2.11. The molecule has 0 aromatic carbocycles. The number of aromatic nitrogens is 1. The summed E-state index contributed by atoms with van der Waals surface area (Å²) in [4.78, 5) is 29.7. The molecule has 2 heterocycles. The smallest absolute Gasteiger partial charge is 0.323 e. The number of carbonyl (C=O) groups excluding carboxylic acids is 2. The molecule has 0 spiro atoms. The molecular weight excluding hydrogens is 244 g/mol. The van der Waals surface area contributed by atoms with Gasteiger partial charge in [-0.15, -0.1) is 0 Å². The van der Waals surface area contributed by atoms with Crippen molar-refractivity contribution in [2.45, 2.75) is 26.3 Å². The molecule has 2 rings (SSSR count). The molecule has 1 atom stereocenters. The Labute approximate surface area is 112 Å². The standard InChI is InChI=1S/C13H18N4O2/c1-3-10-12(18)14-7-8-17(10)13(19)16-11-6-4-5-9(2)15-11/h4-6,10H,3,7-8H2,1-2H3,(H,14,18)(H,15,16,19)/t10-/m1/s1. The molecule has 0 bridgehead atoms. The molecule has 0 radical (unpaired) electrons. The maximum atomic E-state index is 12.2. The van der Waals surface area contributed by atoms with Crippen molar-refractivity contribution in [3.05, 3.63) is 23.9 Å². The largest absolute Gasteiger partial charge is 0.353 e. The Bertz CT molecular complexity index is 489. The lowest BCUT2D eigenvalue weighted by molar-refractivity contribution is -0.127. The number of piperazine rings is 1. The quantitative estimate of drug-likeness (QED) is 0.839. The number of urea groups is 1. The van der Waals surface area contributed by atoms with Crippen LogP contribution in [0.15, 0.2) is 18.2 Å². The fourth-order valence-electron chi connectivity index (χ4n) is 2.16. The molecule has 1 saturated heterocycles. The van der Waals surface area contributed by atoms with Crippen molar-refractivity contribution in [2.24, 2.45) is 0 Å². The molecule has 2 N–H and O–H groups in total. The third-order valence-corrected chi connectivity index (χ3v) is 3.10. The first-order chi connectivity index (χ1) is 9.11. The second-order valence-corrected chi connectivity index (χ2v) is 4.50. The van der Waals surface area contributed by atoms with Gasteiger partial charge in [0.05, 0.1) is 0 Å². The zero-order valence-electron chi connectivity index (χ0n) is 11.1. The zero-order valence-corrected chi connectivity index (χ0v) is 11.1. The summed E-state index contributed by atoms with van der Waals surface area (Å²) < 4.78 is 0. The molecular formula is C13H18N4O2. The molecule has 1 aliphatic rings. The Morgan fingerprint density at radius 3 is 3.05 bits per heavy atom. The number of rotatable bonds is 2. The van der Waals surface area contributed by atoms with Crippen molar-refractivity contribution < 1.29 is 9.59 Å². The van der Waals surface area contributed by atoms with Gasteiger partial charge in [0, 0.05) is 18.8 Å². The first kappa shape index (κ1) is 13.3. The van der Waals surface area contributed by atoms with E-state index in [1.165, 1.54) is 0 Å². The second kappa shape index (κ2) is 5.69. The van der Waals surface area contributed by atoms with Gasteiger partial charge in [0.25, 0.3) is 0 Å². The molecule has 1 aromatic heterocycles. The first-order valence-corrected chi connectivity index (χ1v) is 6.41. The highest BCUT2D eigenvalue weighted by molar-refractivity contribution is 5.94. The summed E-state index contributed by atoms with van der Waals surface area (Å²) in [7, 11) is 0. The monoisotopic (exact) mass is 262 g/mol. The molecule has 0 saturated carbocycles. The van der Waals surface area contributed by atoms with Crippen LogP contribution in [0, 0.1) is 6.92 Å².